The topological polar surface area (TPSA) is 76.2 Å². The lowest BCUT2D eigenvalue weighted by molar-refractivity contribution is -0.146. The molecule has 1 atom stereocenters. The molecule has 0 unspecified atom stereocenters. The van der Waals surface area contributed by atoms with E-state index in [1.807, 2.05) is 29.6 Å². The number of ether oxygens (including phenoxy) is 1. The van der Waals surface area contributed by atoms with Crippen LogP contribution >= 0.6 is 11.3 Å². The Hall–Kier alpha value is -2.73. The number of ketones is 2. The van der Waals surface area contributed by atoms with Gasteiger partial charge in [0.15, 0.2) is 11.9 Å². The molecular weight excluding hydrogens is 338 g/mol. The van der Waals surface area contributed by atoms with Gasteiger partial charge in [-0.15, -0.1) is 11.3 Å². The predicted octanol–water partition coefficient (Wildman–Crippen LogP) is 4.01. The number of thiophene rings is 1. The summed E-state index contributed by atoms with van der Waals surface area (Å²) in [5.74, 6) is -0.913. The first-order valence-electron chi connectivity index (χ1n) is 7.93. The molecule has 2 aromatic heterocycles. The van der Waals surface area contributed by atoms with Crippen molar-refractivity contribution in [2.24, 2.45) is 0 Å². The molecule has 0 bridgehead atoms. The molecule has 3 aromatic rings. The molecule has 1 aromatic carbocycles. The Labute approximate surface area is 148 Å². The Morgan fingerprint density at radius 2 is 1.92 bits per heavy atom. The van der Waals surface area contributed by atoms with Crippen molar-refractivity contribution in [1.82, 2.24) is 4.98 Å². The number of aromatic nitrogens is 1. The normalized spacial score (nSPS) is 12.0. The summed E-state index contributed by atoms with van der Waals surface area (Å²) >= 11 is 1.34. The minimum Gasteiger partial charge on any atom is -0.454 e. The highest BCUT2D eigenvalue weighted by Crippen LogP contribution is 2.20. The van der Waals surface area contributed by atoms with E-state index < -0.39 is 12.1 Å². The summed E-state index contributed by atoms with van der Waals surface area (Å²) in [6, 6.07) is 11.0. The molecule has 3 rings (SSSR count). The Morgan fingerprint density at radius 3 is 2.68 bits per heavy atom. The summed E-state index contributed by atoms with van der Waals surface area (Å²) in [6.45, 7) is 1.54. The zero-order chi connectivity index (χ0) is 17.8. The summed E-state index contributed by atoms with van der Waals surface area (Å²) < 4.78 is 5.20. The fourth-order valence-corrected chi connectivity index (χ4v) is 3.27. The molecule has 0 saturated heterocycles. The smallest absolute Gasteiger partial charge is 0.306 e. The zero-order valence-electron chi connectivity index (χ0n) is 13.7. The van der Waals surface area contributed by atoms with Crippen molar-refractivity contribution in [3.8, 4) is 0 Å². The number of hydrogen-bond acceptors (Lipinski definition) is 5. The summed E-state index contributed by atoms with van der Waals surface area (Å²) in [4.78, 5) is 40.0. The first-order chi connectivity index (χ1) is 12.1. The molecule has 0 amide bonds. The minimum absolute atomic E-state index is 0.0394. The van der Waals surface area contributed by atoms with Gasteiger partial charge in [0.1, 0.15) is 0 Å². The third-order valence-corrected chi connectivity index (χ3v) is 4.80. The van der Waals surface area contributed by atoms with Crippen molar-refractivity contribution in [3.63, 3.8) is 0 Å². The molecule has 0 fully saturated rings. The van der Waals surface area contributed by atoms with Gasteiger partial charge in [0.2, 0.25) is 5.78 Å². The van der Waals surface area contributed by atoms with E-state index in [1.54, 1.807) is 25.3 Å². The zero-order valence-corrected chi connectivity index (χ0v) is 14.5. The van der Waals surface area contributed by atoms with Crippen molar-refractivity contribution in [1.29, 1.82) is 0 Å². The monoisotopic (exact) mass is 355 g/mol. The van der Waals surface area contributed by atoms with Crippen LogP contribution in [-0.4, -0.2) is 28.6 Å². The molecule has 2 heterocycles. The van der Waals surface area contributed by atoms with E-state index in [-0.39, 0.29) is 24.4 Å². The molecule has 0 aliphatic rings. The highest BCUT2D eigenvalue weighted by molar-refractivity contribution is 7.12. The fourth-order valence-electron chi connectivity index (χ4n) is 2.58. The first-order valence-corrected chi connectivity index (χ1v) is 8.80. The molecule has 25 heavy (non-hydrogen) atoms. The van der Waals surface area contributed by atoms with Gasteiger partial charge in [0.05, 0.1) is 11.3 Å². The second kappa shape index (κ2) is 7.44. The number of aromatic amines is 1. The molecule has 0 aliphatic heterocycles. The molecule has 6 heteroatoms. The Morgan fingerprint density at radius 1 is 1.12 bits per heavy atom. The van der Waals surface area contributed by atoms with E-state index in [9.17, 15) is 14.4 Å². The summed E-state index contributed by atoms with van der Waals surface area (Å²) in [5.41, 5.74) is 1.34. The number of Topliss-reactive ketones (excluding diaryl/α,β-unsaturated/α-hetero) is 2. The maximum absolute atomic E-state index is 12.5. The van der Waals surface area contributed by atoms with Crippen LogP contribution in [0.15, 0.2) is 48.0 Å². The van der Waals surface area contributed by atoms with Gasteiger partial charge in [0.25, 0.3) is 0 Å². The van der Waals surface area contributed by atoms with Crippen molar-refractivity contribution in [2.75, 3.05) is 0 Å². The van der Waals surface area contributed by atoms with Crippen LogP contribution in [0.5, 0.6) is 0 Å². The van der Waals surface area contributed by atoms with Gasteiger partial charge in [-0.2, -0.15) is 0 Å². The lowest BCUT2D eigenvalue weighted by Gasteiger charge is -2.11. The highest BCUT2D eigenvalue weighted by Gasteiger charge is 2.22. The Kier molecular flexibility index (Phi) is 5.09. The third-order valence-electron chi connectivity index (χ3n) is 3.88. The van der Waals surface area contributed by atoms with E-state index in [0.29, 0.717) is 10.4 Å². The number of rotatable bonds is 7. The number of fused-ring (bicyclic) bond motifs is 1. The molecule has 0 saturated carbocycles. The van der Waals surface area contributed by atoms with Crippen LogP contribution in [0.25, 0.3) is 10.9 Å². The number of para-hydroxylation sites is 1. The van der Waals surface area contributed by atoms with E-state index in [1.165, 1.54) is 11.3 Å². The van der Waals surface area contributed by atoms with E-state index in [2.05, 4.69) is 4.98 Å². The number of nitrogens with one attached hydrogen (secondary N) is 1. The molecule has 0 spiro atoms. The number of hydrogen-bond donors (Lipinski definition) is 1. The molecule has 5 nitrogen and oxygen atoms in total. The van der Waals surface area contributed by atoms with Crippen LogP contribution in [0, 0.1) is 0 Å². The predicted molar refractivity (Wildman–Crippen MR) is 96.1 cm³/mol. The van der Waals surface area contributed by atoms with Gasteiger partial charge in [-0.1, -0.05) is 24.3 Å². The van der Waals surface area contributed by atoms with Gasteiger partial charge in [-0.3, -0.25) is 14.4 Å². The third kappa shape index (κ3) is 3.85. The van der Waals surface area contributed by atoms with Crippen LogP contribution in [0.4, 0.5) is 0 Å². The van der Waals surface area contributed by atoms with Gasteiger partial charge >= 0.3 is 5.97 Å². The average Bonchev–Trinajstić information content (AvgIpc) is 3.28. The number of carbonyl (C=O) groups excluding carboxylic acids is 3. The lowest BCUT2D eigenvalue weighted by Crippen LogP contribution is -2.24. The van der Waals surface area contributed by atoms with Gasteiger partial charge in [-0.05, 0) is 24.4 Å². The highest BCUT2D eigenvalue weighted by atomic mass is 32.1. The summed E-state index contributed by atoms with van der Waals surface area (Å²) in [7, 11) is 0. The SMILES string of the molecule is C[C@@H](OC(=O)CCC(=O)c1cccs1)C(=O)c1c[nH]c2ccccc12. The Bertz CT molecular complexity index is 911. The molecule has 128 valence electrons. The average molecular weight is 355 g/mol. The van der Waals surface area contributed by atoms with E-state index in [0.717, 1.165) is 10.9 Å². The lowest BCUT2D eigenvalue weighted by atomic mass is 10.1. The van der Waals surface area contributed by atoms with E-state index in [4.69, 9.17) is 4.74 Å². The molecular formula is C19H17NO4S. The van der Waals surface area contributed by atoms with Gasteiger partial charge in [-0.25, -0.2) is 0 Å². The van der Waals surface area contributed by atoms with Crippen LogP contribution < -0.4 is 0 Å². The minimum atomic E-state index is -0.899. The molecule has 0 aliphatic carbocycles. The van der Waals surface area contributed by atoms with Crippen molar-refractivity contribution >= 4 is 39.8 Å². The largest absolute Gasteiger partial charge is 0.454 e. The van der Waals surface area contributed by atoms with Crippen LogP contribution in [0.1, 0.15) is 39.8 Å². The fraction of sp³-hybridized carbons (Fsp3) is 0.211. The number of H-pyrrole nitrogens is 1. The van der Waals surface area contributed by atoms with Crippen LogP contribution in [0.3, 0.4) is 0 Å². The Balaban J connectivity index is 1.57. The molecule has 0 radical (unpaired) electrons. The number of carbonyl (C=O) groups is 3. The second-order valence-corrected chi connectivity index (χ2v) is 6.59. The van der Waals surface area contributed by atoms with Crippen molar-refractivity contribution < 1.29 is 19.1 Å². The standard InChI is InChI=1S/C19H17NO4S/c1-12(19(23)14-11-20-15-6-3-2-5-13(14)15)24-18(22)9-8-16(21)17-7-4-10-25-17/h2-7,10-12,20H,8-9H2,1H3/t12-/m1/s1. The maximum atomic E-state index is 12.5. The van der Waals surface area contributed by atoms with Gasteiger partial charge in [0, 0.05) is 29.1 Å². The maximum Gasteiger partial charge on any atom is 0.306 e. The summed E-state index contributed by atoms with van der Waals surface area (Å²) in [6.07, 6.45) is 0.760. The second-order valence-electron chi connectivity index (χ2n) is 5.64. The van der Waals surface area contributed by atoms with Crippen molar-refractivity contribution in [3.05, 3.63) is 58.4 Å². The van der Waals surface area contributed by atoms with E-state index >= 15 is 0 Å². The molecule has 1 N–H and O–H groups in total. The van der Waals surface area contributed by atoms with Crippen molar-refractivity contribution in [2.45, 2.75) is 25.9 Å². The summed E-state index contributed by atoms with van der Waals surface area (Å²) in [5, 5.41) is 2.61. The number of esters is 1. The van der Waals surface area contributed by atoms with Gasteiger partial charge < -0.3 is 9.72 Å². The first kappa shape index (κ1) is 17.1. The van der Waals surface area contributed by atoms with Crippen LogP contribution in [0.2, 0.25) is 0 Å². The van der Waals surface area contributed by atoms with Crippen LogP contribution in [-0.2, 0) is 9.53 Å². The number of benzene rings is 1. The quantitative estimate of drug-likeness (QED) is 0.513.